The van der Waals surface area contributed by atoms with Gasteiger partial charge in [0, 0.05) is 24.3 Å². The largest absolute Gasteiger partial charge is 0.412 e. The fourth-order valence-corrected chi connectivity index (χ4v) is 2.57. The first-order chi connectivity index (χ1) is 9.60. The predicted molar refractivity (Wildman–Crippen MR) is 77.2 cm³/mol. The smallest absolute Gasteiger partial charge is 0.410 e. The monoisotopic (exact) mass is 289 g/mol. The lowest BCUT2D eigenvalue weighted by atomic mass is 10.1. The van der Waals surface area contributed by atoms with Gasteiger partial charge in [-0.3, -0.25) is 0 Å². The molecule has 2 aromatic rings. The molecule has 1 aromatic carbocycles. The van der Waals surface area contributed by atoms with Crippen LogP contribution in [-0.4, -0.2) is 23.1 Å². The second-order valence-corrected chi connectivity index (χ2v) is 5.14. The number of rotatable bonds is 3. The van der Waals surface area contributed by atoms with E-state index in [2.05, 4.69) is 15.3 Å². The lowest BCUT2D eigenvalue weighted by Gasteiger charge is -2.11. The molecule has 0 fully saturated rings. The van der Waals surface area contributed by atoms with E-state index in [4.69, 9.17) is 4.74 Å². The van der Waals surface area contributed by atoms with Crippen LogP contribution in [0.4, 0.5) is 4.79 Å². The first kappa shape index (κ1) is 14.3. The fraction of sp³-hybridized carbons (Fsp3) is 0.214. The summed E-state index contributed by atoms with van der Waals surface area (Å²) in [5, 5.41) is 3.11. The van der Waals surface area contributed by atoms with Gasteiger partial charge in [-0.05, 0) is 54.9 Å². The van der Waals surface area contributed by atoms with E-state index in [1.165, 1.54) is 18.8 Å². The first-order valence-corrected chi connectivity index (χ1v) is 6.87. The lowest BCUT2D eigenvalue weighted by molar-refractivity contribution is 0.203. The van der Waals surface area contributed by atoms with Crippen LogP contribution in [0.25, 0.3) is 0 Å². The molecule has 0 saturated carbocycles. The molecule has 0 spiro atoms. The Labute approximate surface area is 121 Å². The summed E-state index contributed by atoms with van der Waals surface area (Å²) in [4.78, 5) is 20.7. The van der Waals surface area contributed by atoms with Crippen molar-refractivity contribution in [2.24, 2.45) is 0 Å². The van der Waals surface area contributed by atoms with Crippen molar-refractivity contribution in [1.82, 2.24) is 15.3 Å². The first-order valence-electron chi connectivity index (χ1n) is 6.06. The summed E-state index contributed by atoms with van der Waals surface area (Å²) in [6, 6.07) is 5.44. The summed E-state index contributed by atoms with van der Waals surface area (Å²) in [5.41, 5.74) is 2.03. The number of nitrogens with zero attached hydrogens (tertiary/aromatic N) is 2. The van der Waals surface area contributed by atoms with Crippen molar-refractivity contribution < 1.29 is 9.53 Å². The van der Waals surface area contributed by atoms with Gasteiger partial charge in [0.2, 0.25) is 0 Å². The summed E-state index contributed by atoms with van der Waals surface area (Å²) < 4.78 is 5.14. The summed E-state index contributed by atoms with van der Waals surface area (Å²) in [5.74, 6) is 0.526. The van der Waals surface area contributed by atoms with Gasteiger partial charge in [-0.1, -0.05) is 0 Å². The Morgan fingerprint density at radius 3 is 2.35 bits per heavy atom. The van der Waals surface area contributed by atoms with Crippen LogP contribution >= 0.6 is 11.8 Å². The molecule has 0 atom stereocenters. The molecule has 0 aliphatic carbocycles. The molecule has 5 nitrogen and oxygen atoms in total. The minimum Gasteiger partial charge on any atom is -0.410 e. The van der Waals surface area contributed by atoms with Crippen molar-refractivity contribution >= 4 is 17.9 Å². The van der Waals surface area contributed by atoms with Gasteiger partial charge in [0.1, 0.15) is 5.75 Å². The van der Waals surface area contributed by atoms with E-state index < -0.39 is 6.09 Å². The second kappa shape index (κ2) is 6.38. The number of carbonyl (C=O) groups is 1. The number of hydrogen-bond acceptors (Lipinski definition) is 5. The minimum absolute atomic E-state index is 0.476. The minimum atomic E-state index is -0.476. The molecule has 0 aliphatic heterocycles. The van der Waals surface area contributed by atoms with E-state index in [9.17, 15) is 4.79 Å². The van der Waals surface area contributed by atoms with Gasteiger partial charge in [0.15, 0.2) is 5.16 Å². The van der Waals surface area contributed by atoms with Crippen molar-refractivity contribution in [2.75, 3.05) is 7.05 Å². The Morgan fingerprint density at radius 2 is 1.80 bits per heavy atom. The molecule has 1 aromatic heterocycles. The molecule has 0 radical (unpaired) electrons. The highest BCUT2D eigenvalue weighted by Gasteiger charge is 2.10. The zero-order valence-electron chi connectivity index (χ0n) is 11.5. The maximum Gasteiger partial charge on any atom is 0.412 e. The van der Waals surface area contributed by atoms with Gasteiger partial charge in [-0.2, -0.15) is 0 Å². The molecular weight excluding hydrogens is 274 g/mol. The summed E-state index contributed by atoms with van der Waals surface area (Å²) in [6.45, 7) is 3.93. The van der Waals surface area contributed by atoms with E-state index in [0.717, 1.165) is 16.0 Å². The Kier molecular flexibility index (Phi) is 4.57. The number of aryl methyl sites for hydroxylation is 2. The highest BCUT2D eigenvalue weighted by Crippen LogP contribution is 2.33. The van der Waals surface area contributed by atoms with Crippen LogP contribution < -0.4 is 10.1 Å². The summed E-state index contributed by atoms with van der Waals surface area (Å²) >= 11 is 1.50. The van der Waals surface area contributed by atoms with E-state index in [1.54, 1.807) is 18.5 Å². The van der Waals surface area contributed by atoms with Gasteiger partial charge in [0.05, 0.1) is 0 Å². The van der Waals surface area contributed by atoms with Crippen LogP contribution in [0.1, 0.15) is 11.1 Å². The standard InChI is InChI=1S/C14H15N3O2S/c1-9-7-11(19-14(18)15-3)8-10(2)12(9)20-13-16-5-4-6-17-13/h4-8H,1-3H3,(H,15,18). The van der Waals surface area contributed by atoms with Crippen LogP contribution in [0.15, 0.2) is 40.6 Å². The van der Waals surface area contributed by atoms with Crippen LogP contribution in [0.5, 0.6) is 5.75 Å². The van der Waals surface area contributed by atoms with Crippen molar-refractivity contribution in [1.29, 1.82) is 0 Å². The van der Waals surface area contributed by atoms with Crippen molar-refractivity contribution in [3.63, 3.8) is 0 Å². The van der Waals surface area contributed by atoms with E-state index >= 15 is 0 Å². The molecule has 0 saturated heterocycles. The predicted octanol–water partition coefficient (Wildman–Crippen LogP) is 2.96. The third kappa shape index (κ3) is 3.48. The number of nitrogens with one attached hydrogen (secondary N) is 1. The Morgan fingerprint density at radius 1 is 1.20 bits per heavy atom. The molecule has 20 heavy (non-hydrogen) atoms. The molecule has 0 aliphatic rings. The summed E-state index contributed by atoms with van der Waals surface area (Å²) in [7, 11) is 1.53. The molecule has 2 rings (SSSR count). The fourth-order valence-electron chi connectivity index (χ4n) is 1.72. The van der Waals surface area contributed by atoms with Gasteiger partial charge in [-0.25, -0.2) is 14.8 Å². The van der Waals surface area contributed by atoms with E-state index in [0.29, 0.717) is 10.9 Å². The van der Waals surface area contributed by atoms with Crippen LogP contribution in [0.3, 0.4) is 0 Å². The van der Waals surface area contributed by atoms with Gasteiger partial charge < -0.3 is 10.1 Å². The normalized spacial score (nSPS) is 10.2. The molecule has 1 heterocycles. The van der Waals surface area contributed by atoms with Crippen LogP contribution in [0.2, 0.25) is 0 Å². The molecule has 1 amide bonds. The SMILES string of the molecule is CNC(=O)Oc1cc(C)c(Sc2ncccn2)c(C)c1. The van der Waals surface area contributed by atoms with Crippen molar-refractivity contribution in [2.45, 2.75) is 23.9 Å². The third-order valence-electron chi connectivity index (χ3n) is 2.58. The zero-order valence-corrected chi connectivity index (χ0v) is 12.3. The number of amides is 1. The van der Waals surface area contributed by atoms with Gasteiger partial charge >= 0.3 is 6.09 Å². The quantitative estimate of drug-likeness (QED) is 0.880. The lowest BCUT2D eigenvalue weighted by Crippen LogP contribution is -2.22. The van der Waals surface area contributed by atoms with Gasteiger partial charge in [-0.15, -0.1) is 0 Å². The average molecular weight is 289 g/mol. The van der Waals surface area contributed by atoms with Gasteiger partial charge in [0.25, 0.3) is 0 Å². The van der Waals surface area contributed by atoms with Crippen molar-refractivity contribution in [3.8, 4) is 5.75 Å². The molecule has 1 N–H and O–H groups in total. The number of hydrogen-bond donors (Lipinski definition) is 1. The molecular formula is C14H15N3O2S. The number of aromatic nitrogens is 2. The highest BCUT2D eigenvalue weighted by molar-refractivity contribution is 7.99. The van der Waals surface area contributed by atoms with Crippen LogP contribution in [0, 0.1) is 13.8 Å². The average Bonchev–Trinajstić information content (AvgIpc) is 2.44. The number of benzene rings is 1. The maximum absolute atomic E-state index is 11.2. The molecule has 0 bridgehead atoms. The zero-order chi connectivity index (χ0) is 14.5. The molecule has 0 unspecified atom stereocenters. The molecule has 104 valence electrons. The van der Waals surface area contributed by atoms with Crippen LogP contribution in [-0.2, 0) is 0 Å². The highest BCUT2D eigenvalue weighted by atomic mass is 32.2. The molecule has 6 heteroatoms. The Balaban J connectivity index is 2.25. The Bertz CT molecular complexity index is 594. The second-order valence-electron chi connectivity index (χ2n) is 4.16. The van der Waals surface area contributed by atoms with E-state index in [-0.39, 0.29) is 0 Å². The third-order valence-corrected chi connectivity index (χ3v) is 3.83. The number of ether oxygens (including phenoxy) is 1. The number of carbonyl (C=O) groups excluding carboxylic acids is 1. The van der Waals surface area contributed by atoms with E-state index in [1.807, 2.05) is 26.0 Å². The Hall–Kier alpha value is -2.08. The maximum atomic E-state index is 11.2. The summed E-state index contributed by atoms with van der Waals surface area (Å²) in [6.07, 6.45) is 2.95. The van der Waals surface area contributed by atoms with Crippen molar-refractivity contribution in [3.05, 3.63) is 41.7 Å². The topological polar surface area (TPSA) is 64.1 Å².